The zero-order valence-corrected chi connectivity index (χ0v) is 23.2. The molecule has 9 nitrogen and oxygen atoms in total. The number of rotatable bonds is 5. The van der Waals surface area contributed by atoms with Gasteiger partial charge in [0.05, 0.1) is 18.2 Å². The number of fused-ring (bicyclic) bond motifs is 2. The Morgan fingerprint density at radius 3 is 2.49 bits per heavy atom. The maximum absolute atomic E-state index is 14.7. The summed E-state index contributed by atoms with van der Waals surface area (Å²) >= 11 is 0. The van der Waals surface area contributed by atoms with Crippen LogP contribution in [0.2, 0.25) is 0 Å². The number of halogens is 1. The number of nitrogens with one attached hydrogen (secondary N) is 2. The minimum absolute atomic E-state index is 0.0991. The molecule has 0 radical (unpaired) electrons. The Bertz CT molecular complexity index is 1490. The van der Waals surface area contributed by atoms with Crippen LogP contribution in [0.15, 0.2) is 41.3 Å². The Kier molecular flexibility index (Phi) is 6.61. The van der Waals surface area contributed by atoms with Gasteiger partial charge in [-0.15, -0.1) is 0 Å². The zero-order valence-electron chi connectivity index (χ0n) is 22.4. The third-order valence-corrected chi connectivity index (χ3v) is 8.84. The summed E-state index contributed by atoms with van der Waals surface area (Å²) < 4.78 is 54.0. The summed E-state index contributed by atoms with van der Waals surface area (Å²) in [5.41, 5.74) is 1.88. The lowest BCUT2D eigenvalue weighted by molar-refractivity contribution is -0.123. The molecule has 1 aliphatic carbocycles. The van der Waals surface area contributed by atoms with Crippen LogP contribution in [0.25, 0.3) is 5.57 Å². The largest absolute Gasteiger partial charge is 0.497 e. The summed E-state index contributed by atoms with van der Waals surface area (Å²) in [7, 11) is -2.92. The number of anilines is 2. The molecule has 2 amide bonds. The molecule has 0 aromatic heterocycles. The monoisotopic (exact) mass is 557 g/mol. The molecule has 208 valence electrons. The van der Waals surface area contributed by atoms with Crippen molar-refractivity contribution in [3.63, 3.8) is 0 Å². The van der Waals surface area contributed by atoms with Crippen molar-refractivity contribution in [2.45, 2.75) is 62.4 Å². The molecule has 0 bridgehead atoms. The molecule has 1 fully saturated rings. The highest BCUT2D eigenvalue weighted by atomic mass is 32.2. The van der Waals surface area contributed by atoms with E-state index in [4.69, 9.17) is 9.47 Å². The first-order chi connectivity index (χ1) is 18.3. The summed E-state index contributed by atoms with van der Waals surface area (Å²) in [5.74, 6) is -0.835. The van der Waals surface area contributed by atoms with E-state index >= 15 is 0 Å². The van der Waals surface area contributed by atoms with Gasteiger partial charge >= 0.3 is 6.09 Å². The van der Waals surface area contributed by atoms with Crippen LogP contribution in [0.4, 0.5) is 20.6 Å². The number of sulfonamides is 1. The molecule has 1 spiro atoms. The lowest BCUT2D eigenvalue weighted by Crippen LogP contribution is -2.40. The molecule has 0 saturated heterocycles. The second-order valence-corrected chi connectivity index (χ2v) is 12.8. The van der Waals surface area contributed by atoms with Gasteiger partial charge in [0.15, 0.2) is 0 Å². The van der Waals surface area contributed by atoms with Gasteiger partial charge in [0.25, 0.3) is 10.0 Å². The Morgan fingerprint density at radius 1 is 1.18 bits per heavy atom. The minimum atomic E-state index is -4.29. The Labute approximate surface area is 227 Å². The van der Waals surface area contributed by atoms with Gasteiger partial charge in [-0.1, -0.05) is 12.5 Å². The van der Waals surface area contributed by atoms with Crippen molar-refractivity contribution in [3.05, 3.63) is 53.4 Å². The topological polar surface area (TPSA) is 114 Å². The van der Waals surface area contributed by atoms with Crippen molar-refractivity contribution in [1.29, 1.82) is 0 Å². The highest BCUT2D eigenvalue weighted by molar-refractivity contribution is 7.92. The van der Waals surface area contributed by atoms with Crippen LogP contribution in [0.3, 0.4) is 0 Å². The van der Waals surface area contributed by atoms with Gasteiger partial charge in [0.1, 0.15) is 22.1 Å². The van der Waals surface area contributed by atoms with E-state index in [9.17, 15) is 22.4 Å². The number of hydrogen-bond donors (Lipinski definition) is 2. The maximum atomic E-state index is 14.7. The third-order valence-electron chi connectivity index (χ3n) is 7.42. The van der Waals surface area contributed by atoms with Crippen LogP contribution in [0, 0.1) is 5.82 Å². The van der Waals surface area contributed by atoms with Gasteiger partial charge < -0.3 is 19.7 Å². The lowest BCUT2D eigenvalue weighted by atomic mass is 9.65. The highest BCUT2D eigenvalue weighted by Crippen LogP contribution is 2.54. The van der Waals surface area contributed by atoms with Gasteiger partial charge in [-0.2, -0.15) is 0 Å². The van der Waals surface area contributed by atoms with Crippen LogP contribution in [-0.4, -0.2) is 51.1 Å². The molecule has 3 aliphatic rings. The number of carbonyl (C=O) groups is 2. The normalized spacial score (nSPS) is 18.1. The fraction of sp³-hybridized carbons (Fsp3) is 0.429. The highest BCUT2D eigenvalue weighted by Gasteiger charge is 2.52. The van der Waals surface area contributed by atoms with Crippen molar-refractivity contribution in [2.75, 3.05) is 30.2 Å². The number of methoxy groups -OCH3 is 1. The van der Waals surface area contributed by atoms with E-state index in [2.05, 4.69) is 10.0 Å². The van der Waals surface area contributed by atoms with E-state index in [1.807, 2.05) is 26.8 Å². The van der Waals surface area contributed by atoms with Gasteiger partial charge in [0.2, 0.25) is 5.91 Å². The molecule has 2 aliphatic heterocycles. The number of nitrogens with zero attached hydrogens (tertiary/aromatic N) is 1. The van der Waals surface area contributed by atoms with Gasteiger partial charge in [-0.3, -0.25) is 9.52 Å². The molecule has 0 unspecified atom stereocenters. The molecule has 11 heteroatoms. The van der Waals surface area contributed by atoms with E-state index in [1.165, 1.54) is 13.2 Å². The number of benzene rings is 2. The average molecular weight is 558 g/mol. The minimum Gasteiger partial charge on any atom is -0.497 e. The SMILES string of the molecule is COc1ccc(S(=O)(=O)Nc2cc(C3=CCN(C(=O)OC(C)(C)C)CC3)c3c(c2)C2(CCC2)C(=O)N3)c(F)c1. The first kappa shape index (κ1) is 27.0. The van der Waals surface area contributed by atoms with Crippen molar-refractivity contribution < 1.29 is 31.9 Å². The predicted octanol–water partition coefficient (Wildman–Crippen LogP) is 5.03. The summed E-state index contributed by atoms with van der Waals surface area (Å²) in [6.07, 6.45) is 4.19. The number of amides is 2. The third kappa shape index (κ3) is 4.95. The molecular formula is C28H32FN3O6S. The second kappa shape index (κ2) is 9.55. The van der Waals surface area contributed by atoms with Crippen LogP contribution >= 0.6 is 0 Å². The van der Waals surface area contributed by atoms with Gasteiger partial charge in [-0.25, -0.2) is 17.6 Å². The van der Waals surface area contributed by atoms with E-state index in [-0.39, 0.29) is 17.3 Å². The number of hydrogen-bond acceptors (Lipinski definition) is 6. The summed E-state index contributed by atoms with van der Waals surface area (Å²) in [5, 5.41) is 3.03. The Morgan fingerprint density at radius 2 is 1.92 bits per heavy atom. The fourth-order valence-electron chi connectivity index (χ4n) is 5.29. The van der Waals surface area contributed by atoms with Crippen LogP contribution in [-0.2, 0) is 25.0 Å². The van der Waals surface area contributed by atoms with Gasteiger partial charge in [0, 0.05) is 30.4 Å². The van der Waals surface area contributed by atoms with Crippen LogP contribution in [0.1, 0.15) is 57.6 Å². The average Bonchev–Trinajstić information content (AvgIpc) is 3.14. The quantitative estimate of drug-likeness (QED) is 0.533. The van der Waals surface area contributed by atoms with E-state index in [0.29, 0.717) is 43.6 Å². The van der Waals surface area contributed by atoms with Crippen LogP contribution < -0.4 is 14.8 Å². The molecule has 39 heavy (non-hydrogen) atoms. The maximum Gasteiger partial charge on any atom is 0.410 e. The van der Waals surface area contributed by atoms with Gasteiger partial charge in [-0.05, 0) is 75.4 Å². The predicted molar refractivity (Wildman–Crippen MR) is 145 cm³/mol. The molecule has 0 atom stereocenters. The molecule has 2 N–H and O–H groups in total. The Balaban J connectivity index is 1.51. The summed E-state index contributed by atoms with van der Waals surface area (Å²) in [6, 6.07) is 6.87. The first-order valence-electron chi connectivity index (χ1n) is 12.9. The second-order valence-electron chi connectivity index (χ2n) is 11.1. The molecule has 2 heterocycles. The van der Waals surface area contributed by atoms with Crippen LogP contribution in [0.5, 0.6) is 5.75 Å². The molecule has 1 saturated carbocycles. The fourth-order valence-corrected chi connectivity index (χ4v) is 6.39. The van der Waals surface area contributed by atoms with E-state index in [0.717, 1.165) is 29.7 Å². The van der Waals surface area contributed by atoms with Crippen molar-refractivity contribution in [3.8, 4) is 5.75 Å². The van der Waals surface area contributed by atoms with Crippen molar-refractivity contribution in [2.24, 2.45) is 0 Å². The number of ether oxygens (including phenoxy) is 2. The molecular weight excluding hydrogens is 525 g/mol. The molecule has 2 aromatic rings. The standard InChI is InChI=1S/C28H32FN3O6S/c1-27(2,3)38-26(34)32-12-8-17(9-13-32)20-14-18(15-21-24(20)30-25(33)28(21)10-5-11-28)31-39(35,36)23-7-6-19(37-4)16-22(23)29/h6-8,14-16,31H,5,9-13H2,1-4H3,(H,30,33). The molecule has 2 aromatic carbocycles. The smallest absolute Gasteiger partial charge is 0.410 e. The number of carbonyl (C=O) groups excluding carboxylic acids is 2. The summed E-state index contributed by atoms with van der Waals surface area (Å²) in [6.45, 7) is 6.14. The first-order valence-corrected chi connectivity index (χ1v) is 14.3. The van der Waals surface area contributed by atoms with E-state index in [1.54, 1.807) is 17.0 Å². The van der Waals surface area contributed by atoms with Crippen molar-refractivity contribution in [1.82, 2.24) is 4.90 Å². The summed E-state index contributed by atoms with van der Waals surface area (Å²) in [4.78, 5) is 26.7. The van der Waals surface area contributed by atoms with Crippen molar-refractivity contribution >= 4 is 39.0 Å². The van der Waals surface area contributed by atoms with E-state index < -0.39 is 37.8 Å². The Hall–Kier alpha value is -3.60. The molecule has 5 rings (SSSR count). The lowest BCUT2D eigenvalue weighted by Gasteiger charge is -2.36. The zero-order chi connectivity index (χ0) is 28.2.